The molecule has 0 aromatic carbocycles. The van der Waals surface area contributed by atoms with Crippen LogP contribution in [0.25, 0.3) is 0 Å². The highest BCUT2D eigenvalue weighted by Crippen LogP contribution is 2.30. The lowest BCUT2D eigenvalue weighted by Gasteiger charge is -2.17. The van der Waals surface area contributed by atoms with Gasteiger partial charge in [0.05, 0.1) is 22.3 Å². The van der Waals surface area contributed by atoms with Gasteiger partial charge in [0, 0.05) is 12.7 Å². The molecule has 0 amide bonds. The van der Waals surface area contributed by atoms with Crippen LogP contribution in [0, 0.1) is 0 Å². The standard InChI is InChI=1S/C12H19N5S/c1-5-17-9(6-7-14-17)11(13-4)12-10(8(2)3)15-16-18-12/h6-8,11,13H,5H2,1-4H3. The van der Waals surface area contributed by atoms with E-state index in [2.05, 4.69) is 46.8 Å². The molecule has 6 heteroatoms. The van der Waals surface area contributed by atoms with Crippen molar-refractivity contribution in [3.63, 3.8) is 0 Å². The van der Waals surface area contributed by atoms with Crippen molar-refractivity contribution in [1.29, 1.82) is 0 Å². The molecule has 0 saturated heterocycles. The van der Waals surface area contributed by atoms with Gasteiger partial charge in [0.15, 0.2) is 0 Å². The molecular weight excluding hydrogens is 246 g/mol. The normalized spacial score (nSPS) is 13.2. The highest BCUT2D eigenvalue weighted by atomic mass is 32.1. The van der Waals surface area contributed by atoms with Crippen molar-refractivity contribution in [2.75, 3.05) is 7.05 Å². The van der Waals surface area contributed by atoms with Gasteiger partial charge in [-0.05, 0) is 37.5 Å². The molecule has 98 valence electrons. The van der Waals surface area contributed by atoms with Crippen LogP contribution in [0.15, 0.2) is 12.3 Å². The molecule has 2 rings (SSSR count). The van der Waals surface area contributed by atoms with Gasteiger partial charge in [0.2, 0.25) is 0 Å². The van der Waals surface area contributed by atoms with Crippen LogP contribution in [-0.2, 0) is 6.54 Å². The van der Waals surface area contributed by atoms with Crippen molar-refractivity contribution in [3.8, 4) is 0 Å². The summed E-state index contributed by atoms with van der Waals surface area (Å²) in [4.78, 5) is 1.18. The molecule has 1 N–H and O–H groups in total. The SMILES string of the molecule is CCn1nccc1C(NC)c1snnc1C(C)C. The van der Waals surface area contributed by atoms with Crippen LogP contribution < -0.4 is 5.32 Å². The Labute approximate surface area is 111 Å². The smallest absolute Gasteiger partial charge is 0.0874 e. The van der Waals surface area contributed by atoms with E-state index in [1.165, 1.54) is 16.4 Å². The summed E-state index contributed by atoms with van der Waals surface area (Å²) in [6.45, 7) is 7.25. The Balaban J connectivity index is 2.42. The molecule has 0 aliphatic heterocycles. The first-order valence-corrected chi connectivity index (χ1v) is 6.97. The minimum absolute atomic E-state index is 0.116. The molecular formula is C12H19N5S. The molecule has 5 nitrogen and oxygen atoms in total. The van der Waals surface area contributed by atoms with E-state index in [4.69, 9.17) is 0 Å². The molecule has 0 fully saturated rings. The fraction of sp³-hybridized carbons (Fsp3) is 0.583. The second-order valence-electron chi connectivity index (χ2n) is 4.47. The van der Waals surface area contributed by atoms with Crippen LogP contribution in [-0.4, -0.2) is 26.4 Å². The Hall–Kier alpha value is -1.27. The average Bonchev–Trinajstić information content (AvgIpc) is 2.98. The van der Waals surface area contributed by atoms with E-state index in [1.807, 2.05) is 17.9 Å². The molecule has 18 heavy (non-hydrogen) atoms. The van der Waals surface area contributed by atoms with Gasteiger partial charge in [-0.3, -0.25) is 4.68 Å². The van der Waals surface area contributed by atoms with Crippen molar-refractivity contribution >= 4 is 11.5 Å². The van der Waals surface area contributed by atoms with Crippen LogP contribution in [0.5, 0.6) is 0 Å². The molecule has 2 aromatic rings. The van der Waals surface area contributed by atoms with E-state index in [0.29, 0.717) is 5.92 Å². The fourth-order valence-electron chi connectivity index (χ4n) is 2.07. The third-order valence-corrected chi connectivity index (χ3v) is 3.79. The molecule has 1 atom stereocenters. The number of nitrogens with one attached hydrogen (secondary N) is 1. The van der Waals surface area contributed by atoms with Crippen LogP contribution in [0.3, 0.4) is 0 Å². The van der Waals surface area contributed by atoms with Crippen molar-refractivity contribution in [3.05, 3.63) is 28.5 Å². The van der Waals surface area contributed by atoms with Gasteiger partial charge in [-0.1, -0.05) is 18.3 Å². The van der Waals surface area contributed by atoms with Crippen molar-refractivity contribution < 1.29 is 0 Å². The van der Waals surface area contributed by atoms with Crippen molar-refractivity contribution in [1.82, 2.24) is 24.7 Å². The molecule has 0 saturated carbocycles. The molecule has 0 radical (unpaired) electrons. The van der Waals surface area contributed by atoms with Gasteiger partial charge in [0.25, 0.3) is 0 Å². The number of hydrogen-bond acceptors (Lipinski definition) is 5. The summed E-state index contributed by atoms with van der Waals surface area (Å²) in [7, 11) is 1.96. The van der Waals surface area contributed by atoms with Gasteiger partial charge in [-0.25, -0.2) is 0 Å². The van der Waals surface area contributed by atoms with Crippen LogP contribution >= 0.6 is 11.5 Å². The Morgan fingerprint density at radius 1 is 1.44 bits per heavy atom. The van der Waals surface area contributed by atoms with E-state index >= 15 is 0 Å². The second kappa shape index (κ2) is 5.58. The number of aryl methyl sites for hydroxylation is 1. The maximum Gasteiger partial charge on any atom is 0.0874 e. The van der Waals surface area contributed by atoms with Crippen molar-refractivity contribution in [2.24, 2.45) is 0 Å². The summed E-state index contributed by atoms with van der Waals surface area (Å²) in [6, 6.07) is 2.17. The first kappa shape index (κ1) is 13.2. The van der Waals surface area contributed by atoms with E-state index in [1.54, 1.807) is 0 Å². The largest absolute Gasteiger partial charge is 0.307 e. The molecule has 0 aliphatic carbocycles. The lowest BCUT2D eigenvalue weighted by Crippen LogP contribution is -2.21. The van der Waals surface area contributed by atoms with Gasteiger partial charge >= 0.3 is 0 Å². The quantitative estimate of drug-likeness (QED) is 0.900. The van der Waals surface area contributed by atoms with Gasteiger partial charge in [-0.15, -0.1) is 5.10 Å². The van der Waals surface area contributed by atoms with E-state index < -0.39 is 0 Å². The molecule has 0 spiro atoms. The maximum atomic E-state index is 4.33. The van der Waals surface area contributed by atoms with E-state index in [9.17, 15) is 0 Å². The van der Waals surface area contributed by atoms with E-state index in [0.717, 1.165) is 17.9 Å². The minimum Gasteiger partial charge on any atom is -0.307 e. The Morgan fingerprint density at radius 3 is 2.83 bits per heavy atom. The summed E-state index contributed by atoms with van der Waals surface area (Å²) in [5, 5.41) is 11.9. The fourth-order valence-corrected chi connectivity index (χ4v) is 3.00. The number of aromatic nitrogens is 4. The second-order valence-corrected chi connectivity index (χ2v) is 5.26. The summed E-state index contributed by atoms with van der Waals surface area (Å²) >= 11 is 1.46. The number of rotatable bonds is 5. The van der Waals surface area contributed by atoms with Crippen LogP contribution in [0.1, 0.15) is 49.0 Å². The van der Waals surface area contributed by atoms with Crippen LogP contribution in [0.2, 0.25) is 0 Å². The Morgan fingerprint density at radius 2 is 2.22 bits per heavy atom. The highest BCUT2D eigenvalue weighted by Gasteiger charge is 2.23. The monoisotopic (exact) mass is 265 g/mol. The highest BCUT2D eigenvalue weighted by molar-refractivity contribution is 7.05. The van der Waals surface area contributed by atoms with Crippen molar-refractivity contribution in [2.45, 2.75) is 39.3 Å². The first-order valence-electron chi connectivity index (χ1n) is 6.20. The molecule has 0 bridgehead atoms. The number of nitrogens with zero attached hydrogens (tertiary/aromatic N) is 4. The summed E-state index contributed by atoms with van der Waals surface area (Å²) < 4.78 is 6.10. The average molecular weight is 265 g/mol. The van der Waals surface area contributed by atoms with E-state index in [-0.39, 0.29) is 6.04 Å². The third kappa shape index (κ3) is 2.30. The minimum atomic E-state index is 0.116. The van der Waals surface area contributed by atoms with Gasteiger partial charge in [-0.2, -0.15) is 5.10 Å². The lowest BCUT2D eigenvalue weighted by molar-refractivity contribution is 0.562. The molecule has 2 aromatic heterocycles. The zero-order valence-electron chi connectivity index (χ0n) is 11.2. The topological polar surface area (TPSA) is 55.6 Å². The molecule has 0 aliphatic rings. The predicted octanol–water partition coefficient (Wildman–Crippen LogP) is 2.19. The first-order chi connectivity index (χ1) is 8.69. The predicted molar refractivity (Wildman–Crippen MR) is 72.8 cm³/mol. The number of hydrogen-bond donors (Lipinski definition) is 1. The Kier molecular flexibility index (Phi) is 4.08. The van der Waals surface area contributed by atoms with Crippen LogP contribution in [0.4, 0.5) is 0 Å². The molecule has 2 heterocycles. The summed E-state index contributed by atoms with van der Waals surface area (Å²) in [5.41, 5.74) is 2.23. The van der Waals surface area contributed by atoms with Gasteiger partial charge in [0.1, 0.15) is 0 Å². The zero-order valence-corrected chi connectivity index (χ0v) is 12.0. The maximum absolute atomic E-state index is 4.33. The zero-order chi connectivity index (χ0) is 13.1. The third-order valence-electron chi connectivity index (χ3n) is 2.98. The van der Waals surface area contributed by atoms with Gasteiger partial charge < -0.3 is 5.32 Å². The summed E-state index contributed by atoms with van der Waals surface area (Å²) in [5.74, 6) is 0.382. The Bertz CT molecular complexity index is 502. The lowest BCUT2D eigenvalue weighted by atomic mass is 10.0. The molecule has 1 unspecified atom stereocenters. The summed E-state index contributed by atoms with van der Waals surface area (Å²) in [6.07, 6.45) is 1.84.